The van der Waals surface area contributed by atoms with Gasteiger partial charge < -0.3 is 9.45 Å². The number of ketones is 1. The number of rotatable bonds is 8. The second-order valence-electron chi connectivity index (χ2n) is 7.78. The van der Waals surface area contributed by atoms with E-state index in [2.05, 4.69) is 14.6 Å². The van der Waals surface area contributed by atoms with Gasteiger partial charge in [-0.25, -0.2) is 13.5 Å². The van der Waals surface area contributed by atoms with Crippen molar-refractivity contribution in [2.24, 2.45) is 0 Å². The van der Waals surface area contributed by atoms with Gasteiger partial charge in [0.15, 0.2) is 5.78 Å². The Labute approximate surface area is 187 Å². The number of anilines is 1. The molecule has 1 aliphatic heterocycles. The van der Waals surface area contributed by atoms with Gasteiger partial charge in [-0.1, -0.05) is 0 Å². The summed E-state index contributed by atoms with van der Waals surface area (Å²) >= 11 is -2.41. The van der Waals surface area contributed by atoms with Crippen molar-refractivity contribution in [3.05, 3.63) is 70.9 Å². The Morgan fingerprint density at radius 2 is 1.94 bits per heavy atom. The predicted molar refractivity (Wildman–Crippen MR) is 118 cm³/mol. The average Bonchev–Trinajstić information content (AvgIpc) is 3.32. The van der Waals surface area contributed by atoms with Gasteiger partial charge in [-0.15, -0.1) is 0 Å². The van der Waals surface area contributed by atoms with E-state index in [9.17, 15) is 17.9 Å². The number of halogens is 2. The number of aromatic nitrogens is 1. The summed E-state index contributed by atoms with van der Waals surface area (Å²) in [6.45, 7) is 2.01. The fourth-order valence-electron chi connectivity index (χ4n) is 3.99. The van der Waals surface area contributed by atoms with Crippen LogP contribution in [0.25, 0.3) is 10.9 Å². The molecule has 3 aromatic rings. The van der Waals surface area contributed by atoms with E-state index in [-0.39, 0.29) is 36.1 Å². The van der Waals surface area contributed by atoms with Crippen LogP contribution in [0.5, 0.6) is 0 Å². The minimum Gasteiger partial charge on any atom is -0.760 e. The molecule has 1 fully saturated rings. The van der Waals surface area contributed by atoms with Gasteiger partial charge in [-0.05, 0) is 67.6 Å². The summed E-state index contributed by atoms with van der Waals surface area (Å²) in [5.41, 5.74) is 1.63. The smallest absolute Gasteiger partial charge is 0.196 e. The van der Waals surface area contributed by atoms with Crippen molar-refractivity contribution in [2.45, 2.75) is 25.7 Å². The van der Waals surface area contributed by atoms with Crippen LogP contribution in [0.4, 0.5) is 14.5 Å². The first-order valence-corrected chi connectivity index (χ1v) is 11.5. The van der Waals surface area contributed by atoms with Crippen LogP contribution in [-0.2, 0) is 17.7 Å². The minimum absolute atomic E-state index is 0.0330. The van der Waals surface area contributed by atoms with E-state index in [0.29, 0.717) is 5.52 Å². The molecule has 0 radical (unpaired) electrons. The molecule has 1 aromatic heterocycles. The first-order valence-electron chi connectivity index (χ1n) is 10.4. The highest BCUT2D eigenvalue weighted by Gasteiger charge is 2.20. The number of carbonyl (C=O) groups is 1. The monoisotopic (exact) mass is 458 g/mol. The zero-order chi connectivity index (χ0) is 22.7. The number of hydrogen-bond acceptors (Lipinski definition) is 5. The lowest BCUT2D eigenvalue weighted by atomic mass is 9.97. The summed E-state index contributed by atoms with van der Waals surface area (Å²) in [5.74, 6) is -2.12. The van der Waals surface area contributed by atoms with Crippen LogP contribution in [0, 0.1) is 11.6 Å². The Morgan fingerprint density at radius 3 is 2.69 bits per heavy atom. The van der Waals surface area contributed by atoms with Gasteiger partial charge in [0.1, 0.15) is 11.6 Å². The van der Waals surface area contributed by atoms with Gasteiger partial charge in [-0.3, -0.25) is 14.0 Å². The van der Waals surface area contributed by atoms with E-state index in [1.807, 2.05) is 12.3 Å². The Morgan fingerprint density at radius 1 is 1.16 bits per heavy atom. The fraction of sp³-hybridized carbons (Fsp3) is 0.304. The maximum absolute atomic E-state index is 15.0. The molecule has 0 amide bonds. The number of carbonyl (C=O) groups excluding carboxylic acids is 1. The highest BCUT2D eigenvalue weighted by atomic mass is 32.2. The molecule has 2 heterocycles. The maximum Gasteiger partial charge on any atom is 0.196 e. The van der Waals surface area contributed by atoms with Gasteiger partial charge in [0.2, 0.25) is 0 Å². The van der Waals surface area contributed by atoms with E-state index in [1.54, 1.807) is 18.2 Å². The predicted octanol–water partition coefficient (Wildman–Crippen LogP) is 3.66. The molecule has 32 heavy (non-hydrogen) atoms. The molecule has 0 aliphatic carbocycles. The molecule has 6 nitrogen and oxygen atoms in total. The lowest BCUT2D eigenvalue weighted by Gasteiger charge is -2.17. The topological polar surface area (TPSA) is 85.4 Å². The van der Waals surface area contributed by atoms with Crippen LogP contribution in [0.3, 0.4) is 0 Å². The summed E-state index contributed by atoms with van der Waals surface area (Å²) in [6, 6.07) is 8.81. The first kappa shape index (κ1) is 22.4. The number of nitrogens with zero attached hydrogens (tertiary/aromatic N) is 2. The molecule has 168 valence electrons. The van der Waals surface area contributed by atoms with Crippen LogP contribution in [-0.4, -0.2) is 39.2 Å². The Bertz CT molecular complexity index is 1180. The summed E-state index contributed by atoms with van der Waals surface area (Å²) in [4.78, 5) is 19.7. The Hall–Kier alpha value is -2.75. The third-order valence-corrected chi connectivity index (χ3v) is 6.04. The molecule has 1 saturated heterocycles. The van der Waals surface area contributed by atoms with Gasteiger partial charge in [-0.2, -0.15) is 0 Å². The molecule has 9 heteroatoms. The molecule has 0 saturated carbocycles. The van der Waals surface area contributed by atoms with E-state index in [1.165, 1.54) is 0 Å². The van der Waals surface area contributed by atoms with E-state index >= 15 is 4.39 Å². The van der Waals surface area contributed by atoms with Crippen LogP contribution in [0.15, 0.2) is 42.6 Å². The summed E-state index contributed by atoms with van der Waals surface area (Å²) in [7, 11) is 0. The second kappa shape index (κ2) is 9.81. The van der Waals surface area contributed by atoms with Crippen LogP contribution >= 0.6 is 0 Å². The van der Waals surface area contributed by atoms with Crippen LogP contribution in [0.2, 0.25) is 0 Å². The third kappa shape index (κ3) is 5.01. The molecular weight excluding hydrogens is 436 g/mol. The first-order chi connectivity index (χ1) is 15.4. The highest BCUT2D eigenvalue weighted by Crippen LogP contribution is 2.26. The van der Waals surface area contributed by atoms with Crippen molar-refractivity contribution in [1.29, 1.82) is 0 Å². The molecule has 0 spiro atoms. The van der Waals surface area contributed by atoms with E-state index in [4.69, 9.17) is 0 Å². The summed E-state index contributed by atoms with van der Waals surface area (Å²) < 4.78 is 52.4. The van der Waals surface area contributed by atoms with E-state index < -0.39 is 28.7 Å². The standard InChI is InChI=1S/C23H23F2N3O3S/c24-18-11-15(4-3-7-27-32(30)31)22(25)20(13-18)23(29)16-5-6-21-17(10-16)12-19(14-26-21)28-8-1-2-9-28/h5-6,10-14,27H,1-4,7-9H2,(H,30,31)/p-1. The van der Waals surface area contributed by atoms with E-state index in [0.717, 1.165) is 49.1 Å². The molecule has 4 rings (SSSR count). The van der Waals surface area contributed by atoms with Crippen molar-refractivity contribution >= 4 is 33.6 Å². The van der Waals surface area contributed by atoms with Crippen molar-refractivity contribution in [2.75, 3.05) is 24.5 Å². The summed E-state index contributed by atoms with van der Waals surface area (Å²) in [6.07, 6.45) is 4.42. The molecule has 1 aliphatic rings. The molecule has 1 unspecified atom stereocenters. The molecular formula is C23H22F2N3O3S-. The number of hydrogen-bond donors (Lipinski definition) is 1. The SMILES string of the molecule is O=C(c1ccc2ncc(N3CCCC3)cc2c1)c1cc(F)cc(CCCNS(=O)[O-])c1F. The van der Waals surface area contributed by atoms with Crippen LogP contribution in [0.1, 0.15) is 40.7 Å². The highest BCUT2D eigenvalue weighted by molar-refractivity contribution is 7.77. The normalized spacial score (nSPS) is 14.8. The molecule has 2 aromatic carbocycles. The fourth-order valence-corrected chi connectivity index (χ4v) is 4.30. The Kier molecular flexibility index (Phi) is 6.88. The lowest BCUT2D eigenvalue weighted by molar-refractivity contribution is 0.103. The molecule has 1 N–H and O–H groups in total. The van der Waals surface area contributed by atoms with Gasteiger partial charge >= 0.3 is 0 Å². The van der Waals surface area contributed by atoms with Gasteiger partial charge in [0.05, 0.1) is 23.0 Å². The van der Waals surface area contributed by atoms with Crippen molar-refractivity contribution in [3.8, 4) is 0 Å². The van der Waals surface area contributed by atoms with Gasteiger partial charge in [0.25, 0.3) is 0 Å². The Balaban J connectivity index is 1.60. The van der Waals surface area contributed by atoms with Crippen molar-refractivity contribution < 1.29 is 22.3 Å². The van der Waals surface area contributed by atoms with Crippen molar-refractivity contribution in [1.82, 2.24) is 9.71 Å². The number of fused-ring (bicyclic) bond motifs is 1. The molecule has 0 bridgehead atoms. The van der Waals surface area contributed by atoms with Crippen LogP contribution < -0.4 is 9.62 Å². The summed E-state index contributed by atoms with van der Waals surface area (Å²) in [5, 5.41) is 0.758. The zero-order valence-corrected chi connectivity index (χ0v) is 18.1. The maximum atomic E-state index is 15.0. The number of nitrogens with one attached hydrogen (secondary N) is 1. The largest absolute Gasteiger partial charge is 0.760 e. The average molecular weight is 459 g/mol. The number of pyridine rings is 1. The zero-order valence-electron chi connectivity index (χ0n) is 17.3. The number of aryl methyl sites for hydroxylation is 1. The quantitative estimate of drug-likeness (QED) is 0.316. The number of benzene rings is 2. The molecule has 1 atom stereocenters. The second-order valence-corrected chi connectivity index (χ2v) is 8.54. The lowest BCUT2D eigenvalue weighted by Crippen LogP contribution is -2.18. The van der Waals surface area contributed by atoms with Gasteiger partial charge in [0, 0.05) is 41.9 Å². The minimum atomic E-state index is -2.41. The third-order valence-electron chi connectivity index (χ3n) is 5.60. The van der Waals surface area contributed by atoms with Crippen molar-refractivity contribution in [3.63, 3.8) is 0 Å².